The van der Waals surface area contributed by atoms with Crippen LogP contribution in [0.4, 0.5) is 23.4 Å². The molecule has 1 fully saturated rings. The van der Waals surface area contributed by atoms with Gasteiger partial charge in [0.25, 0.3) is 0 Å². The molecule has 2 aliphatic heterocycles. The Labute approximate surface area is 274 Å². The van der Waals surface area contributed by atoms with Crippen LogP contribution in [0.5, 0.6) is 0 Å². The molecule has 3 aromatic heterocycles. The molecular weight excluding hydrogens is 650 g/mol. The van der Waals surface area contributed by atoms with Crippen molar-refractivity contribution in [3.63, 3.8) is 0 Å². The standard InChI is InChI=1S/C33H29F4N7O3S/c1-4-26(45)43-18(2)14-40(15-19(43)3)30-23-13-24(33(35,36)37)27(20-8-10-21(34)11-9-20)29-28(23)42(31(46)38-30)16-22(17-48-29)44-32(47)41-12-6-5-7-25(41)39-44/h4-13,18-19,22H,1,14-17H2,2-3H3/p+1/t18-,19+,22-/m0/s1. The second-order valence-corrected chi connectivity index (χ2v) is 13.1. The third kappa shape index (κ3) is 5.16. The Balaban J connectivity index is 1.49. The number of hydrogen-bond acceptors (Lipinski definition) is 6. The number of alkyl halides is 3. The Bertz CT molecular complexity index is 2220. The Morgan fingerprint density at radius 1 is 1.06 bits per heavy atom. The van der Waals surface area contributed by atoms with Crippen LogP contribution in [0.15, 0.2) is 81.9 Å². The molecule has 1 N–H and O–H groups in total. The molecule has 0 saturated carbocycles. The summed E-state index contributed by atoms with van der Waals surface area (Å²) in [7, 11) is 0. The maximum atomic E-state index is 15.1. The molecular formula is C33H30F4N7O3S+. The molecule has 0 unspecified atom stereocenters. The zero-order valence-corrected chi connectivity index (χ0v) is 26.7. The number of piperazine rings is 1. The first-order valence-electron chi connectivity index (χ1n) is 15.3. The van der Waals surface area contributed by atoms with Crippen LogP contribution in [0, 0.1) is 5.82 Å². The van der Waals surface area contributed by atoms with Crippen molar-refractivity contribution in [3.05, 3.63) is 99.7 Å². The first kappa shape index (κ1) is 31.7. The highest BCUT2D eigenvalue weighted by Gasteiger charge is 2.40. The van der Waals surface area contributed by atoms with Crippen molar-refractivity contribution >= 4 is 40.0 Å². The summed E-state index contributed by atoms with van der Waals surface area (Å²) in [6, 6.07) is 9.54. The number of rotatable bonds is 4. The molecule has 48 heavy (non-hydrogen) atoms. The third-order valence-corrected chi connectivity index (χ3v) is 10.2. The molecule has 1 saturated heterocycles. The van der Waals surface area contributed by atoms with E-state index in [1.165, 1.54) is 31.9 Å². The number of fused-ring (bicyclic) bond motifs is 1. The van der Waals surface area contributed by atoms with Gasteiger partial charge < -0.3 is 9.80 Å². The molecule has 0 spiro atoms. The molecule has 1 amide bonds. The first-order chi connectivity index (χ1) is 22.9. The Kier molecular flexibility index (Phi) is 7.68. The van der Waals surface area contributed by atoms with E-state index in [0.717, 1.165) is 30.0 Å². The number of pyridine rings is 1. The van der Waals surface area contributed by atoms with Gasteiger partial charge in [0.2, 0.25) is 5.91 Å². The van der Waals surface area contributed by atoms with E-state index in [1.807, 2.05) is 13.8 Å². The van der Waals surface area contributed by atoms with E-state index in [2.05, 4.69) is 16.7 Å². The number of hydrogen-bond donors (Lipinski definition) is 0. The Morgan fingerprint density at radius 3 is 2.42 bits per heavy atom. The molecule has 0 bridgehead atoms. The number of halogens is 4. The second kappa shape index (κ2) is 11.6. The number of anilines is 1. The van der Waals surface area contributed by atoms with Gasteiger partial charge in [-0.05, 0) is 49.8 Å². The third-order valence-electron chi connectivity index (χ3n) is 8.97. The van der Waals surface area contributed by atoms with Crippen molar-refractivity contribution in [2.75, 3.05) is 23.7 Å². The van der Waals surface area contributed by atoms with E-state index in [0.29, 0.717) is 5.65 Å². The zero-order valence-electron chi connectivity index (χ0n) is 25.9. The maximum absolute atomic E-state index is 15.1. The predicted molar refractivity (Wildman–Crippen MR) is 173 cm³/mol. The average Bonchev–Trinajstić information content (AvgIpc) is 3.24. The number of nitrogens with zero attached hydrogens (tertiary/aromatic N) is 6. The monoisotopic (exact) mass is 680 g/mol. The smallest absolute Gasteiger partial charge is 0.352 e. The number of carbonyl (C=O) groups excluding carboxylic acids is 1. The Morgan fingerprint density at radius 2 is 1.77 bits per heavy atom. The number of thioether (sulfide) groups is 1. The summed E-state index contributed by atoms with van der Waals surface area (Å²) < 4.78 is 63.3. The molecule has 5 heterocycles. The zero-order chi connectivity index (χ0) is 34.1. The van der Waals surface area contributed by atoms with E-state index in [1.54, 1.807) is 34.2 Å². The van der Waals surface area contributed by atoms with Crippen LogP contribution in [0.1, 0.15) is 25.5 Å². The van der Waals surface area contributed by atoms with E-state index in [4.69, 9.17) is 0 Å². The molecule has 7 rings (SSSR count). The number of amides is 1. The van der Waals surface area contributed by atoms with Crippen LogP contribution in [0.2, 0.25) is 0 Å². The predicted octanol–water partition coefficient (Wildman–Crippen LogP) is 4.41. The largest absolute Gasteiger partial charge is 0.451 e. The van der Waals surface area contributed by atoms with Crippen LogP contribution >= 0.6 is 11.8 Å². The van der Waals surface area contributed by atoms with Gasteiger partial charge in [-0.1, -0.05) is 24.8 Å². The van der Waals surface area contributed by atoms with Crippen LogP contribution in [-0.4, -0.2) is 60.4 Å². The van der Waals surface area contributed by atoms with Gasteiger partial charge >= 0.3 is 23.2 Å². The van der Waals surface area contributed by atoms with Crippen LogP contribution < -0.4 is 21.4 Å². The fourth-order valence-electron chi connectivity index (χ4n) is 6.94. The highest BCUT2D eigenvalue weighted by atomic mass is 32.2. The average molecular weight is 681 g/mol. The minimum atomic E-state index is -4.83. The van der Waals surface area contributed by atoms with Gasteiger partial charge in [-0.3, -0.25) is 9.36 Å². The summed E-state index contributed by atoms with van der Waals surface area (Å²) in [4.78, 5) is 48.0. The molecule has 5 aromatic rings. The fraction of sp³-hybridized carbons (Fsp3) is 0.303. The van der Waals surface area contributed by atoms with E-state index in [9.17, 15) is 18.8 Å². The van der Waals surface area contributed by atoms with Gasteiger partial charge in [0.1, 0.15) is 23.9 Å². The minimum absolute atomic E-state index is 0.0570. The maximum Gasteiger partial charge on any atom is 0.451 e. The molecule has 3 atom stereocenters. The lowest BCUT2D eigenvalue weighted by Crippen LogP contribution is -2.58. The van der Waals surface area contributed by atoms with E-state index < -0.39 is 35.0 Å². The summed E-state index contributed by atoms with van der Waals surface area (Å²) in [6.45, 7) is 7.58. The lowest BCUT2D eigenvalue weighted by Gasteiger charge is -2.44. The van der Waals surface area contributed by atoms with Crippen molar-refractivity contribution in [3.8, 4) is 11.1 Å². The van der Waals surface area contributed by atoms with Crippen molar-refractivity contribution in [2.45, 2.75) is 49.6 Å². The number of H-pyrrole nitrogens is 1. The summed E-state index contributed by atoms with van der Waals surface area (Å²) in [5.74, 6) is -0.675. The lowest BCUT2D eigenvalue weighted by atomic mass is 9.96. The van der Waals surface area contributed by atoms with Crippen molar-refractivity contribution in [2.24, 2.45) is 0 Å². The number of nitrogens with one attached hydrogen (secondary N) is 1. The lowest BCUT2D eigenvalue weighted by molar-refractivity contribution is -0.470. The number of carbonyl (C=O) groups is 1. The first-order valence-corrected chi connectivity index (χ1v) is 16.2. The molecule has 0 radical (unpaired) electrons. The SMILES string of the molecule is C=CC(=O)N1[C@H](C)CN(c2nc(=O)n3c4c(c(-c5ccc(F)cc5)c(C(F)(F)F)cc24)SC[C@@H](n2[nH+]c4ccccn4c2=O)C3)C[C@@H]1C. The van der Waals surface area contributed by atoms with Crippen LogP contribution in [0.3, 0.4) is 0 Å². The quantitative estimate of drug-likeness (QED) is 0.206. The molecule has 15 heteroatoms. The topological polar surface area (TPSA) is 99.0 Å². The molecule has 0 aliphatic carbocycles. The number of aromatic amines is 1. The molecule has 2 aromatic carbocycles. The summed E-state index contributed by atoms with van der Waals surface area (Å²) in [6.07, 6.45) is -2.02. The van der Waals surface area contributed by atoms with Gasteiger partial charge in [-0.15, -0.1) is 20.8 Å². The minimum Gasteiger partial charge on any atom is -0.352 e. The summed E-state index contributed by atoms with van der Waals surface area (Å²) in [5.41, 5.74) is -1.38. The van der Waals surface area contributed by atoms with Gasteiger partial charge in [-0.25, -0.2) is 14.0 Å². The van der Waals surface area contributed by atoms with Crippen molar-refractivity contribution < 1.29 is 27.5 Å². The van der Waals surface area contributed by atoms with E-state index >= 15 is 13.2 Å². The highest BCUT2D eigenvalue weighted by Crippen LogP contribution is 2.49. The summed E-state index contributed by atoms with van der Waals surface area (Å²) in [5, 5.41) is 3.18. The van der Waals surface area contributed by atoms with Crippen LogP contribution in [0.25, 0.3) is 27.7 Å². The van der Waals surface area contributed by atoms with Gasteiger partial charge in [-0.2, -0.15) is 23.3 Å². The van der Waals surface area contributed by atoms with Crippen LogP contribution in [-0.2, 0) is 17.5 Å². The summed E-state index contributed by atoms with van der Waals surface area (Å²) >= 11 is 1.10. The van der Waals surface area contributed by atoms with Crippen molar-refractivity contribution in [1.82, 2.24) is 23.5 Å². The number of benzene rings is 2. The molecule has 2 aliphatic rings. The van der Waals surface area contributed by atoms with Gasteiger partial charge in [0.15, 0.2) is 0 Å². The number of aromatic nitrogens is 5. The fourth-order valence-corrected chi connectivity index (χ4v) is 8.28. The normalized spacial score (nSPS) is 19.9. The Hall–Kier alpha value is -4.92. The second-order valence-electron chi connectivity index (χ2n) is 12.1. The van der Waals surface area contributed by atoms with E-state index in [-0.39, 0.29) is 76.1 Å². The van der Waals surface area contributed by atoms with Crippen molar-refractivity contribution in [1.29, 1.82) is 0 Å². The van der Waals surface area contributed by atoms with Gasteiger partial charge in [0.05, 0.1) is 17.6 Å². The highest BCUT2D eigenvalue weighted by molar-refractivity contribution is 7.99. The van der Waals surface area contributed by atoms with Gasteiger partial charge in [0, 0.05) is 52.8 Å². The molecule has 248 valence electrons. The molecule has 10 nitrogen and oxygen atoms in total.